The largest absolute Gasteiger partial charge is 0.507 e. The summed E-state index contributed by atoms with van der Waals surface area (Å²) in [6.45, 7) is 20.4. The van der Waals surface area contributed by atoms with E-state index in [9.17, 15) is 66.5 Å². The summed E-state index contributed by atoms with van der Waals surface area (Å²) in [5.41, 5.74) is 13.3. The third-order valence-electron chi connectivity index (χ3n) is 24.2. The predicted octanol–water partition coefficient (Wildman–Crippen LogP) is 26.7. The maximum atomic E-state index is 13.4. The maximum Gasteiger partial charge on any atom is 0.416 e. The number of alkyl halides is 3. The number of hydrogen-bond acceptors (Lipinski definition) is 18. The number of likely N-dealkylation sites (N-methyl/N-ethyl adjacent to an activating group) is 1. The second-order valence-corrected chi connectivity index (χ2v) is 37.1. The average molecular weight is 2130 g/mol. The molecular formula is C118H111Cl5F3N7O17. The fourth-order valence-corrected chi connectivity index (χ4v) is 17.0. The Hall–Kier alpha value is -15.5. The monoisotopic (exact) mass is 2130 g/mol. The van der Waals surface area contributed by atoms with Gasteiger partial charge in [0, 0.05) is 55.8 Å². The molecule has 0 radical (unpaired) electrons. The van der Waals surface area contributed by atoms with Gasteiger partial charge >= 0.3 is 6.18 Å². The number of anilines is 3. The molecule has 24 nitrogen and oxygen atoms in total. The van der Waals surface area contributed by atoms with Gasteiger partial charge < -0.3 is 58.7 Å². The first-order chi connectivity index (χ1) is 71.3. The molecule has 9 amide bonds. The molecule has 4 heterocycles. The van der Waals surface area contributed by atoms with E-state index in [-0.39, 0.29) is 108 Å². The van der Waals surface area contributed by atoms with Crippen LogP contribution in [0.5, 0.6) is 46.0 Å². The number of fused-ring (bicyclic) bond motifs is 4. The number of amides is 9. The van der Waals surface area contributed by atoms with Crippen LogP contribution in [0.15, 0.2) is 279 Å². The van der Waals surface area contributed by atoms with E-state index in [2.05, 4.69) is 5.32 Å². The van der Waals surface area contributed by atoms with Gasteiger partial charge in [0.1, 0.15) is 76.9 Å². The number of aromatic hydroxyl groups is 2. The number of ether oxygens (including phenoxy) is 6. The number of phenolic OH excluding ortho intramolecular Hbond substituents is 2. The molecule has 0 saturated carbocycles. The summed E-state index contributed by atoms with van der Waals surface area (Å²) in [6, 6.07) is 80.7. The molecule has 0 bridgehead atoms. The molecule has 776 valence electrons. The minimum atomic E-state index is -4.47. The first-order valence-corrected chi connectivity index (χ1v) is 49.3. The van der Waals surface area contributed by atoms with E-state index in [1.165, 1.54) is 45.9 Å². The summed E-state index contributed by atoms with van der Waals surface area (Å²) in [5.74, 6) is -0.562. The number of aryl methyl sites for hydroxylation is 6. The molecule has 14 aromatic rings. The van der Waals surface area contributed by atoms with Crippen LogP contribution in [-0.4, -0.2) is 137 Å². The van der Waals surface area contributed by atoms with Gasteiger partial charge in [0.05, 0.1) is 90.5 Å². The second kappa shape index (κ2) is 51.4. The summed E-state index contributed by atoms with van der Waals surface area (Å²) < 4.78 is 73.6. The smallest absolute Gasteiger partial charge is 0.416 e. The number of hydrogen-bond donors (Lipinski definition) is 3. The fraction of sp³-hybridized carbons (Fsp3) is 0.212. The summed E-state index contributed by atoms with van der Waals surface area (Å²) in [7, 11) is 5.63. The van der Waals surface area contributed by atoms with Crippen molar-refractivity contribution in [3.63, 3.8) is 0 Å². The number of nitrogens with one attached hydrogen (secondary N) is 1. The number of phenols is 2. The molecule has 14 aromatic carbocycles. The number of halogens is 8. The third kappa shape index (κ3) is 27.3. The Morgan fingerprint density at radius 1 is 0.373 bits per heavy atom. The van der Waals surface area contributed by atoms with Crippen LogP contribution in [0.3, 0.4) is 0 Å². The van der Waals surface area contributed by atoms with Gasteiger partial charge in [-0.25, -0.2) is 0 Å². The van der Waals surface area contributed by atoms with E-state index >= 15 is 0 Å². The molecule has 0 spiro atoms. The summed E-state index contributed by atoms with van der Waals surface area (Å²) in [5, 5.41) is 25.7. The van der Waals surface area contributed by atoms with Crippen LogP contribution < -0.4 is 43.5 Å². The van der Waals surface area contributed by atoms with E-state index in [4.69, 9.17) is 86.4 Å². The van der Waals surface area contributed by atoms with E-state index in [0.29, 0.717) is 144 Å². The second-order valence-electron chi connectivity index (χ2n) is 35.1. The normalized spacial score (nSPS) is 12.4. The quantitative estimate of drug-likeness (QED) is 0.0403. The van der Waals surface area contributed by atoms with Crippen LogP contribution in [0.1, 0.15) is 194 Å². The molecule has 3 N–H and O–H groups in total. The first-order valence-electron chi connectivity index (χ1n) is 47.4. The first kappa shape index (κ1) is 113. The highest BCUT2D eigenvalue weighted by molar-refractivity contribution is 6.33. The number of carbonyl (C=O) groups excluding carboxylic acids is 9. The van der Waals surface area contributed by atoms with Gasteiger partial charge in [0.2, 0.25) is 0 Å². The molecule has 4 aliphatic rings. The predicted molar refractivity (Wildman–Crippen MR) is 579 cm³/mol. The number of nitrogens with zero attached hydrogens (tertiary/aromatic N) is 6. The van der Waals surface area contributed by atoms with Crippen molar-refractivity contribution in [1.82, 2.24) is 19.6 Å². The van der Waals surface area contributed by atoms with Crippen molar-refractivity contribution in [2.75, 3.05) is 69.2 Å². The highest BCUT2D eigenvalue weighted by Crippen LogP contribution is 2.43. The van der Waals surface area contributed by atoms with E-state index in [1.54, 1.807) is 139 Å². The third-order valence-corrected chi connectivity index (χ3v) is 26.3. The number of rotatable bonds is 27. The standard InChI is InChI=1S/C24H24ClNO3.C23H22ClNO3.C20H21ClN2O3.C18H16ClNO3.C16H12ClNO3.C16H12F3NO2.CH4/c1-4-28-21-11-8-12-22(29-16-18-9-6-5-7-10-18)23(21)24(27)26(3)19-13-14-20(25)17(2)15-19;1-3-27-20-10-7-11-21(28-15-17-8-5-4-6-9-17)22(20)23(26)25-18-12-13-19(24)16(2)14-18;1-13-11-14(7-8-16(13)21)12-23-19(24)15-5-4-6-17(18(15)20(23)25)26-10-9-22(2)3;1-3-23-15-6-4-5-13-16(15)18(22)20(17(13)21)10-12-7-8-14(19)11(2)9-12;1-9-7-10(5-6-12(9)17)8-18-15(20)11-3-2-4-13(19)14(11)16(18)21;1-9-5-6-11(7-12(9)16(17,18)19)20-8-10-3-2-4-13(21)14(10)15(20)22;/h5-15H,4,16H2,1-3H3;4-14H,3,15H2,1-2H3,(H,25,26);4-8,11H,9-10,12H2,1-3H3;4-9H,3,10H2,1-2H3;2-7,19H,8H2,1H3;2-7,21H,8H2,1H3;1H4. The van der Waals surface area contributed by atoms with Gasteiger partial charge in [-0.15, -0.1) is 0 Å². The lowest BCUT2D eigenvalue weighted by atomic mass is 10.1. The Bertz CT molecular complexity index is 7380. The molecule has 0 aromatic heterocycles. The van der Waals surface area contributed by atoms with Gasteiger partial charge in [0.25, 0.3) is 53.2 Å². The van der Waals surface area contributed by atoms with E-state index in [1.807, 2.05) is 196 Å². The molecule has 18 rings (SSSR count). The lowest BCUT2D eigenvalue weighted by Gasteiger charge is -2.22. The SMILES string of the molecule is C.CCOc1cccc(OCc2ccccc2)c1C(=O)N(C)c1ccc(Cl)c(C)c1.CCOc1cccc(OCc2ccccc2)c1C(=O)Nc1ccc(Cl)c(C)c1.CCOc1cccc2c1C(=O)N(Cc1ccc(Cl)c(C)c1)C2=O.Cc1cc(CN2C(=O)c3cccc(O)c3C2=O)ccc1Cl.Cc1cc(CN2C(=O)c3cccc(OCCN(C)C)c3C2=O)ccc1Cl.Cc1ccc(N2Cc3cccc(O)c3C2=O)cc1C(F)(F)F. The van der Waals surface area contributed by atoms with Crippen molar-refractivity contribution in [1.29, 1.82) is 0 Å². The van der Waals surface area contributed by atoms with Crippen LogP contribution in [0.25, 0.3) is 0 Å². The molecule has 0 atom stereocenters. The molecular weight excluding hydrogens is 2020 g/mol. The van der Waals surface area contributed by atoms with Crippen LogP contribution >= 0.6 is 58.0 Å². The van der Waals surface area contributed by atoms with Gasteiger partial charge in [0.15, 0.2) is 0 Å². The zero-order valence-corrected chi connectivity index (χ0v) is 87.3. The van der Waals surface area contributed by atoms with Gasteiger partial charge in [-0.05, 0) is 277 Å². The Morgan fingerprint density at radius 2 is 0.753 bits per heavy atom. The fourth-order valence-electron chi connectivity index (χ4n) is 16.4. The van der Waals surface area contributed by atoms with Crippen molar-refractivity contribution >= 4 is 128 Å². The van der Waals surface area contributed by atoms with Crippen molar-refractivity contribution in [2.45, 2.75) is 115 Å². The van der Waals surface area contributed by atoms with Crippen molar-refractivity contribution in [3.05, 3.63) is 427 Å². The molecule has 0 saturated heterocycles. The molecule has 0 aliphatic carbocycles. The minimum Gasteiger partial charge on any atom is -0.507 e. The Labute approximate surface area is 893 Å². The Kier molecular flexibility index (Phi) is 38.8. The van der Waals surface area contributed by atoms with Crippen molar-refractivity contribution in [2.24, 2.45) is 0 Å². The van der Waals surface area contributed by atoms with Crippen LogP contribution in [-0.2, 0) is 45.6 Å². The number of carbonyl (C=O) groups is 9. The number of benzene rings is 14. The Balaban J connectivity index is 0.000000160. The van der Waals surface area contributed by atoms with E-state index < -0.39 is 29.5 Å². The molecule has 4 aliphatic heterocycles. The van der Waals surface area contributed by atoms with Crippen LogP contribution in [0.2, 0.25) is 25.1 Å². The van der Waals surface area contributed by atoms with Gasteiger partial charge in [-0.2, -0.15) is 13.2 Å². The van der Waals surface area contributed by atoms with Crippen molar-refractivity contribution in [3.8, 4) is 46.0 Å². The van der Waals surface area contributed by atoms with Crippen LogP contribution in [0, 0.1) is 41.5 Å². The summed E-state index contributed by atoms with van der Waals surface area (Å²) in [4.78, 5) is 123. The maximum absolute atomic E-state index is 13.4. The number of imide groups is 3. The zero-order chi connectivity index (χ0) is 107. The molecule has 0 unspecified atom stereocenters. The highest BCUT2D eigenvalue weighted by atomic mass is 35.5. The van der Waals surface area contributed by atoms with E-state index in [0.717, 1.165) is 78.8 Å². The lowest BCUT2D eigenvalue weighted by Crippen LogP contribution is -2.29. The van der Waals surface area contributed by atoms with Gasteiger partial charge in [-0.3, -0.25) is 57.9 Å². The summed E-state index contributed by atoms with van der Waals surface area (Å²) >= 11 is 30.2. The molecule has 0 fully saturated rings. The van der Waals surface area contributed by atoms with Crippen LogP contribution in [0.4, 0.5) is 30.2 Å². The minimum absolute atomic E-state index is 0. The summed E-state index contributed by atoms with van der Waals surface area (Å²) in [6.07, 6.45) is -4.47. The average Bonchev–Trinajstić information content (AvgIpc) is 1.66. The Morgan fingerprint density at radius 3 is 1.19 bits per heavy atom. The van der Waals surface area contributed by atoms with Crippen molar-refractivity contribution < 1.29 is 95.0 Å². The highest BCUT2D eigenvalue weighted by Gasteiger charge is 2.42. The zero-order valence-electron chi connectivity index (χ0n) is 83.6. The topological polar surface area (TPSA) is 281 Å². The lowest BCUT2D eigenvalue weighted by molar-refractivity contribution is -0.138. The molecule has 150 heavy (non-hydrogen) atoms. The molecule has 32 heteroatoms. The van der Waals surface area contributed by atoms with Gasteiger partial charge in [-0.1, -0.05) is 211 Å².